The van der Waals surface area contributed by atoms with E-state index in [2.05, 4.69) is 61.6 Å². The lowest BCUT2D eigenvalue weighted by molar-refractivity contribution is 0.603. The molecule has 0 heterocycles. The van der Waals surface area contributed by atoms with Crippen molar-refractivity contribution in [2.75, 3.05) is 18.6 Å². The molecule has 1 N–H and O–H groups in total. The predicted molar refractivity (Wildman–Crippen MR) is 93.1 cm³/mol. The molecule has 3 unspecified atom stereocenters. The van der Waals surface area contributed by atoms with Gasteiger partial charge >= 0.3 is 0 Å². The third-order valence-electron chi connectivity index (χ3n) is 4.07. The number of rotatable bonds is 7. The van der Waals surface area contributed by atoms with Gasteiger partial charge in [0.25, 0.3) is 0 Å². The van der Waals surface area contributed by atoms with Gasteiger partial charge in [-0.25, -0.2) is 0 Å². The summed E-state index contributed by atoms with van der Waals surface area (Å²) in [6.45, 7) is 4.33. The van der Waals surface area contributed by atoms with Crippen LogP contribution in [0.3, 0.4) is 0 Å². The zero-order valence-corrected chi connectivity index (χ0v) is 14.0. The van der Waals surface area contributed by atoms with E-state index in [1.54, 1.807) is 0 Å². The Labute approximate surface area is 130 Å². The maximum atomic E-state index is 12.4. The van der Waals surface area contributed by atoms with Gasteiger partial charge in [-0.15, -0.1) is 0 Å². The minimum atomic E-state index is -0.786. The zero-order valence-electron chi connectivity index (χ0n) is 13.1. The minimum absolute atomic E-state index is 0.140. The van der Waals surface area contributed by atoms with E-state index in [4.69, 9.17) is 0 Å². The molecule has 2 aromatic carbocycles. The van der Waals surface area contributed by atoms with Crippen molar-refractivity contribution in [3.63, 3.8) is 0 Å². The van der Waals surface area contributed by atoms with E-state index in [-0.39, 0.29) is 6.04 Å². The maximum absolute atomic E-state index is 12.4. The highest BCUT2D eigenvalue weighted by Gasteiger charge is 2.16. The average Bonchev–Trinajstić information content (AvgIpc) is 2.52. The Kier molecular flexibility index (Phi) is 5.95. The van der Waals surface area contributed by atoms with E-state index in [0.717, 1.165) is 12.2 Å². The van der Waals surface area contributed by atoms with Crippen molar-refractivity contribution in [1.29, 1.82) is 0 Å². The van der Waals surface area contributed by atoms with E-state index < -0.39 is 10.8 Å². The Morgan fingerprint density at radius 3 is 2.52 bits per heavy atom. The molecule has 0 fully saturated rings. The molecule has 0 amide bonds. The summed E-state index contributed by atoms with van der Waals surface area (Å²) in [5, 5.41) is 5.83. The largest absolute Gasteiger partial charge is 0.312 e. The minimum Gasteiger partial charge on any atom is -0.312 e. The molecule has 0 spiro atoms. The summed E-state index contributed by atoms with van der Waals surface area (Å²) in [4.78, 5) is 0. The SMILES string of the molecule is CCC(C)CS(=O)CC(NC)c1cccc2ccccc12. The molecule has 0 aliphatic rings. The van der Waals surface area contributed by atoms with Crippen molar-refractivity contribution in [2.45, 2.75) is 26.3 Å². The molecule has 3 atom stereocenters. The highest BCUT2D eigenvalue weighted by molar-refractivity contribution is 7.85. The zero-order chi connectivity index (χ0) is 15.2. The Morgan fingerprint density at radius 2 is 1.81 bits per heavy atom. The second-order valence-electron chi connectivity index (χ2n) is 5.70. The first-order valence-corrected chi connectivity index (χ1v) is 9.14. The van der Waals surface area contributed by atoms with Gasteiger partial charge in [0.1, 0.15) is 0 Å². The van der Waals surface area contributed by atoms with Crippen molar-refractivity contribution < 1.29 is 4.21 Å². The second kappa shape index (κ2) is 7.71. The quantitative estimate of drug-likeness (QED) is 0.840. The van der Waals surface area contributed by atoms with Gasteiger partial charge < -0.3 is 5.32 Å². The van der Waals surface area contributed by atoms with E-state index in [1.165, 1.54) is 16.3 Å². The highest BCUT2D eigenvalue weighted by Crippen LogP contribution is 2.25. The van der Waals surface area contributed by atoms with Gasteiger partial charge in [0.15, 0.2) is 0 Å². The number of nitrogens with one attached hydrogen (secondary N) is 1. The van der Waals surface area contributed by atoms with Crippen LogP contribution >= 0.6 is 0 Å². The van der Waals surface area contributed by atoms with E-state index in [9.17, 15) is 4.21 Å². The van der Waals surface area contributed by atoms with Crippen LogP contribution in [0, 0.1) is 5.92 Å². The van der Waals surface area contributed by atoms with Gasteiger partial charge in [-0.2, -0.15) is 0 Å². The summed E-state index contributed by atoms with van der Waals surface area (Å²) >= 11 is 0. The number of hydrogen-bond acceptors (Lipinski definition) is 2. The molecular weight excluding hydrogens is 278 g/mol. The molecular formula is C18H25NOS. The normalized spacial score (nSPS) is 15.8. The molecule has 0 bridgehead atoms. The smallest absolute Gasteiger partial charge is 0.0440 e. The molecule has 2 nitrogen and oxygen atoms in total. The first-order chi connectivity index (χ1) is 10.2. The van der Waals surface area contributed by atoms with E-state index >= 15 is 0 Å². The van der Waals surface area contributed by atoms with Crippen molar-refractivity contribution in [1.82, 2.24) is 5.32 Å². The Bertz CT molecular complexity index is 606. The van der Waals surface area contributed by atoms with Gasteiger partial charge in [-0.05, 0) is 29.3 Å². The topological polar surface area (TPSA) is 29.1 Å². The van der Waals surface area contributed by atoms with Crippen molar-refractivity contribution >= 4 is 21.6 Å². The average molecular weight is 303 g/mol. The Morgan fingerprint density at radius 1 is 1.10 bits per heavy atom. The fourth-order valence-electron chi connectivity index (χ4n) is 2.57. The van der Waals surface area contributed by atoms with Crippen LogP contribution in [0.15, 0.2) is 42.5 Å². The summed E-state index contributed by atoms with van der Waals surface area (Å²) in [7, 11) is 1.17. The fraction of sp³-hybridized carbons (Fsp3) is 0.444. The first-order valence-electron chi connectivity index (χ1n) is 7.65. The summed E-state index contributed by atoms with van der Waals surface area (Å²) in [6, 6.07) is 14.9. The van der Waals surface area contributed by atoms with E-state index in [1.807, 2.05) is 7.05 Å². The van der Waals surface area contributed by atoms with Gasteiger partial charge in [0.2, 0.25) is 0 Å². The molecule has 2 rings (SSSR count). The van der Waals surface area contributed by atoms with Crippen molar-refractivity contribution in [2.24, 2.45) is 5.92 Å². The number of fused-ring (bicyclic) bond motifs is 1. The van der Waals surface area contributed by atoms with Crippen LogP contribution in [-0.4, -0.2) is 22.8 Å². The molecule has 114 valence electrons. The van der Waals surface area contributed by atoms with Crippen LogP contribution in [0.4, 0.5) is 0 Å². The summed E-state index contributed by atoms with van der Waals surface area (Å²) < 4.78 is 12.4. The lowest BCUT2D eigenvalue weighted by atomic mass is 10.00. The molecule has 0 saturated heterocycles. The van der Waals surface area contributed by atoms with Crippen molar-refractivity contribution in [3.8, 4) is 0 Å². The Hall–Kier alpha value is -1.19. The first kappa shape index (κ1) is 16.2. The lowest BCUT2D eigenvalue weighted by Crippen LogP contribution is -2.25. The van der Waals surface area contributed by atoms with E-state index in [0.29, 0.717) is 11.7 Å². The fourth-order valence-corrected chi connectivity index (χ4v) is 4.30. The van der Waals surface area contributed by atoms with Crippen LogP contribution in [0.1, 0.15) is 31.9 Å². The Balaban J connectivity index is 2.22. The lowest BCUT2D eigenvalue weighted by Gasteiger charge is -2.19. The molecule has 0 aliphatic carbocycles. The molecule has 0 aliphatic heterocycles. The molecule has 0 aromatic heterocycles. The molecule has 3 heteroatoms. The summed E-state index contributed by atoms with van der Waals surface area (Å²) in [6.07, 6.45) is 1.09. The van der Waals surface area contributed by atoms with Gasteiger partial charge in [-0.1, -0.05) is 62.7 Å². The second-order valence-corrected chi connectivity index (χ2v) is 7.24. The van der Waals surface area contributed by atoms with Gasteiger partial charge in [0.05, 0.1) is 0 Å². The molecule has 2 aromatic rings. The van der Waals surface area contributed by atoms with Crippen LogP contribution < -0.4 is 5.32 Å². The predicted octanol–water partition coefficient (Wildman–Crippen LogP) is 3.90. The van der Waals surface area contributed by atoms with Crippen LogP contribution in [0.5, 0.6) is 0 Å². The van der Waals surface area contributed by atoms with Crippen LogP contribution in [0.2, 0.25) is 0 Å². The van der Waals surface area contributed by atoms with Crippen molar-refractivity contribution in [3.05, 3.63) is 48.0 Å². The van der Waals surface area contributed by atoms with Crippen LogP contribution in [-0.2, 0) is 10.8 Å². The monoisotopic (exact) mass is 303 g/mol. The third-order valence-corrected chi connectivity index (χ3v) is 5.71. The molecule has 0 saturated carbocycles. The number of benzene rings is 2. The highest BCUT2D eigenvalue weighted by atomic mass is 32.2. The standard InChI is InChI=1S/C18H25NOS/c1-4-14(2)12-21(20)13-18(19-3)17-11-7-9-15-8-5-6-10-16(15)17/h5-11,14,18-19H,4,12-13H2,1-3H3. The van der Waals surface area contributed by atoms with Crippen LogP contribution in [0.25, 0.3) is 10.8 Å². The summed E-state index contributed by atoms with van der Waals surface area (Å²) in [5.74, 6) is 1.99. The number of hydrogen-bond donors (Lipinski definition) is 1. The molecule has 0 radical (unpaired) electrons. The molecule has 21 heavy (non-hydrogen) atoms. The maximum Gasteiger partial charge on any atom is 0.0440 e. The summed E-state index contributed by atoms with van der Waals surface area (Å²) in [5.41, 5.74) is 1.24. The van der Waals surface area contributed by atoms with Gasteiger partial charge in [-0.3, -0.25) is 4.21 Å². The van der Waals surface area contributed by atoms with Gasteiger partial charge in [0, 0.05) is 28.3 Å². The third kappa shape index (κ3) is 4.14.